The number of non-ortho nitro benzene ring substituents is 2. The lowest BCUT2D eigenvalue weighted by atomic mass is 10.2. The normalized spacial score (nSPS) is 16.1. The van der Waals surface area contributed by atoms with Crippen LogP contribution in [0.4, 0.5) is 21.5 Å². The van der Waals surface area contributed by atoms with Crippen LogP contribution < -0.4 is 4.90 Å². The van der Waals surface area contributed by atoms with E-state index in [2.05, 4.69) is 16.8 Å². The third kappa shape index (κ3) is 5.99. The summed E-state index contributed by atoms with van der Waals surface area (Å²) >= 11 is 11.4. The predicted octanol–water partition coefficient (Wildman–Crippen LogP) is 4.78. The topological polar surface area (TPSA) is 92.8 Å². The monoisotopic (exact) mass is 444 g/mol. The molecule has 1 unspecified atom stereocenters. The van der Waals surface area contributed by atoms with Crippen molar-refractivity contribution in [2.24, 2.45) is 0 Å². The van der Waals surface area contributed by atoms with E-state index in [1.54, 1.807) is 6.07 Å². The lowest BCUT2D eigenvalue weighted by molar-refractivity contribution is -0.385. The summed E-state index contributed by atoms with van der Waals surface area (Å²) < 4.78 is 12.4. The second-order valence-corrected chi connectivity index (χ2v) is 7.38. The molecule has 0 bridgehead atoms. The van der Waals surface area contributed by atoms with Crippen LogP contribution in [0.1, 0.15) is 6.42 Å². The van der Waals surface area contributed by atoms with Crippen molar-refractivity contribution in [3.05, 3.63) is 72.5 Å². The quantitative estimate of drug-likeness (QED) is 0.497. The van der Waals surface area contributed by atoms with Gasteiger partial charge in [0.1, 0.15) is 5.82 Å². The van der Waals surface area contributed by atoms with Gasteiger partial charge in [0.15, 0.2) is 0 Å². The number of halogens is 3. The molecule has 0 aliphatic carbocycles. The summed E-state index contributed by atoms with van der Waals surface area (Å²) in [5, 5.41) is 20.9. The van der Waals surface area contributed by atoms with Gasteiger partial charge >= 0.3 is 0 Å². The molecule has 0 aromatic heterocycles. The Morgan fingerprint density at radius 3 is 2.07 bits per heavy atom. The number of nitrogens with zero attached hydrogens (tertiary/aromatic N) is 4. The van der Waals surface area contributed by atoms with Crippen LogP contribution in [-0.2, 0) is 0 Å². The Morgan fingerprint density at radius 1 is 1.07 bits per heavy atom. The second kappa shape index (κ2) is 9.82. The molecule has 0 radical (unpaired) electrons. The maximum absolute atomic E-state index is 12.4. The van der Waals surface area contributed by atoms with Gasteiger partial charge in [0, 0.05) is 43.9 Å². The molecule has 0 N–H and O–H groups in total. The summed E-state index contributed by atoms with van der Waals surface area (Å²) in [6.07, 6.45) is 1.08. The number of benzene rings is 2. The predicted molar refractivity (Wildman–Crippen MR) is 110 cm³/mol. The van der Waals surface area contributed by atoms with Crippen molar-refractivity contribution in [2.45, 2.75) is 12.5 Å². The fourth-order valence-corrected chi connectivity index (χ4v) is 3.40. The third-order valence-electron chi connectivity index (χ3n) is 4.55. The molecule has 1 atom stereocenters. The van der Waals surface area contributed by atoms with Crippen molar-refractivity contribution in [3.8, 4) is 0 Å². The van der Waals surface area contributed by atoms with E-state index in [1.165, 1.54) is 12.1 Å². The zero-order chi connectivity index (χ0) is 21.7. The summed E-state index contributed by atoms with van der Waals surface area (Å²) in [6.45, 7) is 2.06. The van der Waals surface area contributed by atoms with E-state index in [9.17, 15) is 24.6 Å². The Morgan fingerprint density at radius 2 is 1.62 bits per heavy atom. The van der Waals surface area contributed by atoms with Crippen LogP contribution in [0, 0.1) is 26.0 Å². The van der Waals surface area contributed by atoms with Crippen LogP contribution in [-0.4, -0.2) is 48.0 Å². The maximum Gasteiger partial charge on any atom is 0.271 e. The minimum absolute atomic E-state index is 0.0284. The zero-order valence-electron chi connectivity index (χ0n) is 15.7. The van der Waals surface area contributed by atoms with Gasteiger partial charge in [-0.3, -0.25) is 20.2 Å². The van der Waals surface area contributed by atoms with E-state index in [0.717, 1.165) is 43.4 Å². The summed E-state index contributed by atoms with van der Waals surface area (Å²) in [7, 11) is 4.07. The molecule has 156 valence electrons. The lowest BCUT2D eigenvalue weighted by Gasteiger charge is -2.27. The smallest absolute Gasteiger partial charge is 0.271 e. The van der Waals surface area contributed by atoms with E-state index in [-0.39, 0.29) is 16.4 Å². The number of anilines is 1. The molecule has 29 heavy (non-hydrogen) atoms. The van der Waals surface area contributed by atoms with Gasteiger partial charge in [0.2, 0.25) is 0 Å². The van der Waals surface area contributed by atoms with Crippen LogP contribution in [0.25, 0.3) is 0 Å². The van der Waals surface area contributed by atoms with E-state index in [4.69, 9.17) is 23.2 Å². The van der Waals surface area contributed by atoms with Crippen molar-refractivity contribution in [3.63, 3.8) is 0 Å². The number of nitro benzene ring substituents is 2. The Kier molecular flexibility index (Phi) is 7.72. The first-order valence-corrected chi connectivity index (χ1v) is 9.30. The van der Waals surface area contributed by atoms with Crippen molar-refractivity contribution >= 4 is 40.3 Å². The molecule has 3 rings (SSSR count). The standard InChI is InChI=1S/C12H16ClN3O2.C6H3ClFNO2/c1-14-6-5-10(8-14)15(2)12-4-3-9(16(17)18)7-11(12)13;7-5-3-4(9(10)11)1-2-6(5)8/h3-4,7,10H,5-6,8H2,1-2H3;1-3H. The van der Waals surface area contributed by atoms with Crippen molar-refractivity contribution in [1.29, 1.82) is 0 Å². The summed E-state index contributed by atoms with van der Waals surface area (Å²) in [5.41, 5.74) is 0.666. The van der Waals surface area contributed by atoms with E-state index >= 15 is 0 Å². The molecular formula is C18H19Cl2FN4O4. The number of hydrogen-bond donors (Lipinski definition) is 0. The average molecular weight is 445 g/mol. The van der Waals surface area contributed by atoms with Gasteiger partial charge in [-0.15, -0.1) is 0 Å². The first-order chi connectivity index (χ1) is 13.6. The molecule has 1 saturated heterocycles. The molecule has 1 aliphatic rings. The van der Waals surface area contributed by atoms with Crippen molar-refractivity contribution in [2.75, 3.05) is 32.1 Å². The Bertz CT molecular complexity index is 915. The summed E-state index contributed by atoms with van der Waals surface area (Å²) in [5.74, 6) is -0.655. The Hall–Kier alpha value is -2.49. The third-order valence-corrected chi connectivity index (χ3v) is 5.14. The fourth-order valence-electron chi connectivity index (χ4n) is 2.92. The molecule has 0 amide bonds. The van der Waals surface area contributed by atoms with Crippen LogP contribution in [0.15, 0.2) is 36.4 Å². The van der Waals surface area contributed by atoms with E-state index < -0.39 is 15.7 Å². The van der Waals surface area contributed by atoms with Crippen LogP contribution in [0.5, 0.6) is 0 Å². The van der Waals surface area contributed by atoms with Crippen LogP contribution in [0.2, 0.25) is 10.0 Å². The summed E-state index contributed by atoms with van der Waals surface area (Å²) in [6, 6.07) is 8.02. The minimum Gasteiger partial charge on any atom is -0.369 e. The number of likely N-dealkylation sites (N-methyl/N-ethyl adjacent to an activating group) is 2. The molecule has 11 heteroatoms. The van der Waals surface area contributed by atoms with Crippen LogP contribution >= 0.6 is 23.2 Å². The lowest BCUT2D eigenvalue weighted by Crippen LogP contribution is -2.33. The SMILES string of the molecule is CN1CCC(N(C)c2ccc([N+](=O)[O-])cc2Cl)C1.O=[N+]([O-])c1ccc(F)c(Cl)c1. The molecule has 0 spiro atoms. The van der Waals surface area contributed by atoms with E-state index in [0.29, 0.717) is 11.1 Å². The van der Waals surface area contributed by atoms with Gasteiger partial charge in [0.05, 0.1) is 25.6 Å². The highest BCUT2D eigenvalue weighted by Crippen LogP contribution is 2.31. The van der Waals surface area contributed by atoms with Crippen molar-refractivity contribution < 1.29 is 14.2 Å². The Labute approximate surface area is 176 Å². The molecule has 1 heterocycles. The second-order valence-electron chi connectivity index (χ2n) is 6.56. The molecule has 1 fully saturated rings. The minimum atomic E-state index is -0.655. The first kappa shape index (κ1) is 22.8. The first-order valence-electron chi connectivity index (χ1n) is 8.55. The average Bonchev–Trinajstić information content (AvgIpc) is 3.10. The van der Waals surface area contributed by atoms with Gasteiger partial charge in [-0.25, -0.2) is 4.39 Å². The number of likely N-dealkylation sites (tertiary alicyclic amines) is 1. The number of nitro groups is 2. The van der Waals surface area contributed by atoms with Crippen LogP contribution in [0.3, 0.4) is 0 Å². The molecule has 1 aliphatic heterocycles. The Balaban J connectivity index is 0.000000234. The molecular weight excluding hydrogens is 426 g/mol. The van der Waals surface area contributed by atoms with Gasteiger partial charge in [-0.05, 0) is 32.1 Å². The van der Waals surface area contributed by atoms with E-state index in [1.807, 2.05) is 7.05 Å². The number of rotatable bonds is 4. The van der Waals surface area contributed by atoms with Gasteiger partial charge < -0.3 is 9.80 Å². The molecule has 2 aromatic rings. The molecule has 2 aromatic carbocycles. The highest BCUT2D eigenvalue weighted by atomic mass is 35.5. The summed E-state index contributed by atoms with van der Waals surface area (Å²) in [4.78, 5) is 24.1. The fraction of sp³-hybridized carbons (Fsp3) is 0.333. The molecule has 0 saturated carbocycles. The van der Waals surface area contributed by atoms with Gasteiger partial charge in [-0.1, -0.05) is 23.2 Å². The van der Waals surface area contributed by atoms with Crippen molar-refractivity contribution in [1.82, 2.24) is 4.90 Å². The largest absolute Gasteiger partial charge is 0.369 e. The zero-order valence-corrected chi connectivity index (χ0v) is 17.2. The van der Waals surface area contributed by atoms with Gasteiger partial charge in [0.25, 0.3) is 11.4 Å². The number of hydrogen-bond acceptors (Lipinski definition) is 6. The molecule has 8 nitrogen and oxygen atoms in total. The maximum atomic E-state index is 12.4. The highest BCUT2D eigenvalue weighted by molar-refractivity contribution is 6.33. The highest BCUT2D eigenvalue weighted by Gasteiger charge is 2.25. The van der Waals surface area contributed by atoms with Gasteiger partial charge in [-0.2, -0.15) is 0 Å².